The SMILES string of the molecule is C=C(c1ccccc1C)c1cc(C(C)C)ccc1C.CC.CC(C)c1ccc2c(c1)c(=O)c1ccccc1[s+]2C1CC=CC(OCC(=O)C(C)(C)OCC(C)(C)OC(=O)CCC2=CC=CC(C)(C)C=C2c2ccccc2)=C(c2ccccc2)C1. The highest BCUT2D eigenvalue weighted by molar-refractivity contribution is 7.42. The molecule has 0 fully saturated rings. The lowest BCUT2D eigenvalue weighted by Crippen LogP contribution is -2.43. The summed E-state index contributed by atoms with van der Waals surface area (Å²) in [7, 11) is -0.395. The van der Waals surface area contributed by atoms with Crippen molar-refractivity contribution in [3.8, 4) is 0 Å². The van der Waals surface area contributed by atoms with Gasteiger partial charge in [0.1, 0.15) is 28.8 Å². The zero-order valence-electron chi connectivity index (χ0n) is 52.4. The first-order valence-electron chi connectivity index (χ1n) is 30.0. The van der Waals surface area contributed by atoms with Gasteiger partial charge in [0.15, 0.2) is 9.40 Å². The second-order valence-corrected chi connectivity index (χ2v) is 26.5. The van der Waals surface area contributed by atoms with Crippen molar-refractivity contribution >= 4 is 59.1 Å². The molecule has 0 saturated heterocycles. The summed E-state index contributed by atoms with van der Waals surface area (Å²) in [5.74, 6) is 0.940. The molecule has 0 aliphatic heterocycles. The first-order chi connectivity index (χ1) is 40.0. The van der Waals surface area contributed by atoms with Crippen molar-refractivity contribution in [2.75, 3.05) is 13.2 Å². The first-order valence-corrected chi connectivity index (χ1v) is 31.3. The summed E-state index contributed by atoms with van der Waals surface area (Å²) in [5, 5.41) is 1.72. The molecule has 0 amide bonds. The van der Waals surface area contributed by atoms with E-state index in [-0.39, 0.29) is 47.5 Å². The third-order valence-electron chi connectivity index (χ3n) is 15.7. The monoisotopic (exact) mass is 1140 g/mol. The van der Waals surface area contributed by atoms with Crippen LogP contribution in [0.2, 0.25) is 0 Å². The van der Waals surface area contributed by atoms with Crippen molar-refractivity contribution in [2.45, 2.75) is 151 Å². The Kier molecular flexibility index (Phi) is 21.7. The lowest BCUT2D eigenvalue weighted by Gasteiger charge is -2.31. The molecule has 6 aromatic carbocycles. The molecule has 2 unspecified atom stereocenters. The van der Waals surface area contributed by atoms with Crippen LogP contribution < -0.4 is 5.43 Å². The van der Waals surface area contributed by atoms with Crippen LogP contribution in [-0.2, 0) is 23.8 Å². The Labute approximate surface area is 504 Å². The van der Waals surface area contributed by atoms with Crippen LogP contribution in [0.4, 0.5) is 0 Å². The smallest absolute Gasteiger partial charge is 0.306 e. The lowest BCUT2D eigenvalue weighted by molar-refractivity contribution is -0.171. The highest BCUT2D eigenvalue weighted by atomic mass is 32.2. The summed E-state index contributed by atoms with van der Waals surface area (Å²) < 4.78 is 20.9. The average molecular weight is 1140 g/mol. The van der Waals surface area contributed by atoms with Gasteiger partial charge in [0.25, 0.3) is 0 Å². The molecule has 0 spiro atoms. The Balaban J connectivity index is 0.000000406. The van der Waals surface area contributed by atoms with Crippen LogP contribution in [0.25, 0.3) is 36.9 Å². The molecule has 6 nitrogen and oxygen atoms in total. The Hall–Kier alpha value is -7.45. The molecule has 0 bridgehead atoms. The first kappa shape index (κ1) is 64.1. The quantitative estimate of drug-likeness (QED) is 0.0484. The fraction of sp³-hybridized carbons (Fsp3) is 0.338. The molecular formula is C77H89O6S+. The van der Waals surface area contributed by atoms with Crippen LogP contribution in [0.1, 0.15) is 170 Å². The maximum Gasteiger partial charge on any atom is 0.306 e. The van der Waals surface area contributed by atoms with Gasteiger partial charge >= 0.3 is 5.97 Å². The van der Waals surface area contributed by atoms with Gasteiger partial charge in [-0.25, -0.2) is 0 Å². The minimum atomic E-state index is -1.22. The molecule has 7 heteroatoms. The standard InChI is InChI=1S/C56H61O6S.C19H22.C2H6/c1-38(2)42-28-30-50-46(33-42)53(59)44-25-15-16-27-49(44)63(50)43-24-17-26-48(45(34-43)39-19-11-9-12-20-39)60-36-51(57)56(7,8)61-37-55(5,6)62-52(58)31-29-41-23-18-32-54(3,4)35-47(41)40-21-13-10-14-22-40;1-13(2)17-11-10-15(4)19(12-17)16(5)18-9-7-6-8-14(18)3;1-2/h9-23,25-28,30,32-33,35,38,43H,24,29,31,34,36-37H2,1-8H3;6-13H,5H2,1-4H3;1-2H3/q+1;;. The molecule has 7 aromatic rings. The molecule has 438 valence electrons. The zero-order chi connectivity index (χ0) is 60.9. The third kappa shape index (κ3) is 16.0. The van der Waals surface area contributed by atoms with E-state index in [1.54, 1.807) is 27.7 Å². The number of fused-ring (bicyclic) bond motifs is 2. The molecule has 84 heavy (non-hydrogen) atoms. The van der Waals surface area contributed by atoms with Crippen molar-refractivity contribution in [1.29, 1.82) is 0 Å². The summed E-state index contributed by atoms with van der Waals surface area (Å²) >= 11 is 0. The third-order valence-corrected chi connectivity index (χ3v) is 18.4. The van der Waals surface area contributed by atoms with E-state index < -0.39 is 21.7 Å². The molecule has 0 N–H and O–H groups in total. The number of allylic oxidation sites excluding steroid dienone is 9. The van der Waals surface area contributed by atoms with Gasteiger partial charge in [-0.2, -0.15) is 0 Å². The van der Waals surface area contributed by atoms with Gasteiger partial charge in [-0.05, 0) is 162 Å². The average Bonchev–Trinajstić information content (AvgIpc) is 1.98. The molecule has 1 heterocycles. The molecular weight excluding hydrogens is 1050 g/mol. The predicted octanol–water partition coefficient (Wildman–Crippen LogP) is 20.1. The number of benzene rings is 6. The van der Waals surface area contributed by atoms with E-state index in [4.69, 9.17) is 14.2 Å². The number of esters is 1. The molecule has 0 radical (unpaired) electrons. The summed E-state index contributed by atoms with van der Waals surface area (Å²) in [6, 6.07) is 50.1. The van der Waals surface area contributed by atoms with Crippen molar-refractivity contribution in [3.63, 3.8) is 0 Å². The minimum absolute atomic E-state index is 0.0260. The topological polar surface area (TPSA) is 78.9 Å². The number of ether oxygens (including phenoxy) is 3. The van der Waals surface area contributed by atoms with Crippen LogP contribution >= 0.6 is 10.5 Å². The highest BCUT2D eigenvalue weighted by Crippen LogP contribution is 2.51. The van der Waals surface area contributed by atoms with E-state index >= 15 is 0 Å². The molecule has 1 aromatic heterocycles. The summed E-state index contributed by atoms with van der Waals surface area (Å²) in [6.45, 7) is 32.6. The van der Waals surface area contributed by atoms with E-state index in [2.05, 4.69) is 183 Å². The summed E-state index contributed by atoms with van der Waals surface area (Å²) in [4.78, 5) is 41.2. The molecule has 9 rings (SSSR count). The summed E-state index contributed by atoms with van der Waals surface area (Å²) in [6.07, 6.45) is 14.9. The maximum atomic E-state index is 13.9. The number of hydrogen-bond acceptors (Lipinski definition) is 6. The molecule has 2 atom stereocenters. The number of hydrogen-bond donors (Lipinski definition) is 0. The van der Waals surface area contributed by atoms with E-state index in [1.807, 2.05) is 74.5 Å². The number of carbonyl (C=O) groups excluding carboxylic acids is 2. The fourth-order valence-electron chi connectivity index (χ4n) is 10.7. The van der Waals surface area contributed by atoms with Crippen LogP contribution in [0.15, 0.2) is 205 Å². The van der Waals surface area contributed by atoms with Gasteiger partial charge in [-0.1, -0.05) is 214 Å². The van der Waals surface area contributed by atoms with Gasteiger partial charge in [-0.3, -0.25) is 14.4 Å². The Morgan fingerprint density at radius 2 is 1.31 bits per heavy atom. The number of rotatable bonds is 18. The fourth-order valence-corrected chi connectivity index (χ4v) is 13.5. The second kappa shape index (κ2) is 28.4. The van der Waals surface area contributed by atoms with Gasteiger partial charge in [-0.15, -0.1) is 0 Å². The van der Waals surface area contributed by atoms with Crippen molar-refractivity contribution < 1.29 is 23.8 Å². The van der Waals surface area contributed by atoms with Crippen LogP contribution in [-0.4, -0.2) is 36.2 Å². The van der Waals surface area contributed by atoms with E-state index in [0.29, 0.717) is 30.4 Å². The zero-order valence-corrected chi connectivity index (χ0v) is 53.2. The Bertz CT molecular complexity index is 3690. The van der Waals surface area contributed by atoms with E-state index in [0.717, 1.165) is 65.6 Å². The largest absolute Gasteiger partial charge is 0.485 e. The van der Waals surface area contributed by atoms with Gasteiger partial charge < -0.3 is 14.2 Å². The van der Waals surface area contributed by atoms with Crippen LogP contribution in [0.3, 0.4) is 0 Å². The number of aryl methyl sites for hydroxylation is 2. The molecule has 0 saturated carbocycles. The minimum Gasteiger partial charge on any atom is -0.485 e. The normalized spacial score (nSPS) is 15.3. The molecule has 2 aliphatic carbocycles. The van der Waals surface area contributed by atoms with Gasteiger partial charge in [0.05, 0.1) is 17.4 Å². The van der Waals surface area contributed by atoms with Crippen molar-refractivity contribution in [3.05, 3.63) is 255 Å². The highest BCUT2D eigenvalue weighted by Gasteiger charge is 2.36. The predicted molar refractivity (Wildman–Crippen MR) is 357 cm³/mol. The number of Topliss-reactive ketones (excluding diaryl/α,β-unsaturated/α-hetero) is 1. The summed E-state index contributed by atoms with van der Waals surface area (Å²) in [5.41, 5.74) is 11.8. The number of carbonyl (C=O) groups is 2. The van der Waals surface area contributed by atoms with Crippen molar-refractivity contribution in [1.82, 2.24) is 0 Å². The van der Waals surface area contributed by atoms with Gasteiger partial charge in [0, 0.05) is 30.3 Å². The maximum absolute atomic E-state index is 13.9. The van der Waals surface area contributed by atoms with Crippen molar-refractivity contribution in [2.24, 2.45) is 5.41 Å². The van der Waals surface area contributed by atoms with Crippen LogP contribution in [0, 0.1) is 19.3 Å². The second-order valence-electron chi connectivity index (χ2n) is 24.3. The number of ketones is 1. The van der Waals surface area contributed by atoms with Crippen LogP contribution in [0.5, 0.6) is 0 Å². The lowest BCUT2D eigenvalue weighted by atomic mass is 9.86. The van der Waals surface area contributed by atoms with Gasteiger partial charge in [0.2, 0.25) is 11.2 Å². The van der Waals surface area contributed by atoms with E-state index in [9.17, 15) is 14.4 Å². The Morgan fingerprint density at radius 1 is 0.714 bits per heavy atom. The molecule has 2 aliphatic rings. The van der Waals surface area contributed by atoms with E-state index in [1.165, 1.54) is 27.8 Å². The Morgan fingerprint density at radius 3 is 1.99 bits per heavy atom.